The Morgan fingerprint density at radius 3 is 2.57 bits per heavy atom. The van der Waals surface area contributed by atoms with Crippen LogP contribution in [0.1, 0.15) is 47.0 Å². The topological polar surface area (TPSA) is 43.2 Å². The minimum absolute atomic E-state index is 0.0696. The van der Waals surface area contributed by atoms with E-state index in [2.05, 4.69) is 32.6 Å². The first-order valence-corrected chi connectivity index (χ1v) is 8.79. The molecule has 0 radical (unpaired) electrons. The SMILES string of the molecule is CCOC(=O)N1CC[NH+](CC#C[C@]2(C)CCCC(C)(C)O2)CC1. The third kappa shape index (κ3) is 5.40. The van der Waals surface area contributed by atoms with Crippen LogP contribution in [0, 0.1) is 11.8 Å². The summed E-state index contributed by atoms with van der Waals surface area (Å²) in [7, 11) is 0. The van der Waals surface area contributed by atoms with E-state index >= 15 is 0 Å². The van der Waals surface area contributed by atoms with Crippen molar-refractivity contribution in [2.45, 2.75) is 58.2 Å². The summed E-state index contributed by atoms with van der Waals surface area (Å²) in [4.78, 5) is 14.9. The van der Waals surface area contributed by atoms with Gasteiger partial charge in [-0.1, -0.05) is 5.92 Å². The molecule has 5 heteroatoms. The minimum Gasteiger partial charge on any atom is -0.450 e. The zero-order chi connectivity index (χ0) is 16.9. The number of ether oxygens (including phenoxy) is 2. The molecular weight excluding hydrogens is 292 g/mol. The van der Waals surface area contributed by atoms with Crippen LogP contribution >= 0.6 is 0 Å². The van der Waals surface area contributed by atoms with E-state index in [0.717, 1.165) is 45.6 Å². The van der Waals surface area contributed by atoms with Gasteiger partial charge < -0.3 is 14.4 Å². The van der Waals surface area contributed by atoms with E-state index in [0.29, 0.717) is 6.61 Å². The average molecular weight is 323 g/mol. The second-order valence-electron chi connectivity index (χ2n) is 7.36. The minimum atomic E-state index is -0.312. The zero-order valence-corrected chi connectivity index (χ0v) is 15.0. The summed E-state index contributed by atoms with van der Waals surface area (Å²) in [5, 5.41) is 0. The molecule has 0 aromatic carbocycles. The first kappa shape index (κ1) is 18.1. The lowest BCUT2D eigenvalue weighted by Crippen LogP contribution is -3.14. The number of piperazine rings is 1. The molecule has 130 valence electrons. The smallest absolute Gasteiger partial charge is 0.410 e. The lowest BCUT2D eigenvalue weighted by atomic mass is 9.88. The highest BCUT2D eigenvalue weighted by molar-refractivity contribution is 5.67. The fraction of sp³-hybridized carbons (Fsp3) is 0.833. The predicted octanol–water partition coefficient (Wildman–Crippen LogP) is 1.08. The molecule has 2 saturated heterocycles. The quantitative estimate of drug-likeness (QED) is 0.774. The van der Waals surface area contributed by atoms with Gasteiger partial charge in [0.05, 0.1) is 38.4 Å². The number of hydrogen-bond acceptors (Lipinski definition) is 3. The molecule has 0 spiro atoms. The first-order chi connectivity index (χ1) is 10.8. The molecule has 1 amide bonds. The van der Waals surface area contributed by atoms with Crippen molar-refractivity contribution in [2.75, 3.05) is 39.3 Å². The molecule has 0 aliphatic carbocycles. The molecule has 2 aliphatic heterocycles. The van der Waals surface area contributed by atoms with E-state index < -0.39 is 0 Å². The Bertz CT molecular complexity index is 472. The molecule has 0 saturated carbocycles. The van der Waals surface area contributed by atoms with Gasteiger partial charge in [-0.2, -0.15) is 0 Å². The van der Waals surface area contributed by atoms with Crippen LogP contribution in [0.3, 0.4) is 0 Å². The molecule has 2 fully saturated rings. The van der Waals surface area contributed by atoms with E-state index in [1.54, 1.807) is 4.90 Å². The third-order valence-electron chi connectivity index (χ3n) is 4.62. The normalized spacial score (nSPS) is 27.9. The summed E-state index contributed by atoms with van der Waals surface area (Å²) in [5.74, 6) is 6.68. The molecular formula is C18H31N2O3+. The molecule has 0 aromatic rings. The van der Waals surface area contributed by atoms with Gasteiger partial charge >= 0.3 is 6.09 Å². The maximum atomic E-state index is 11.7. The summed E-state index contributed by atoms with van der Waals surface area (Å²) >= 11 is 0. The van der Waals surface area contributed by atoms with Crippen molar-refractivity contribution < 1.29 is 19.2 Å². The van der Waals surface area contributed by atoms with Crippen LogP contribution in [0.5, 0.6) is 0 Å². The fourth-order valence-electron chi connectivity index (χ4n) is 3.40. The first-order valence-electron chi connectivity index (χ1n) is 8.79. The zero-order valence-electron chi connectivity index (χ0n) is 15.0. The van der Waals surface area contributed by atoms with Crippen molar-refractivity contribution in [3.8, 4) is 11.8 Å². The summed E-state index contributed by atoms with van der Waals surface area (Å²) in [6.45, 7) is 12.8. The highest BCUT2D eigenvalue weighted by atomic mass is 16.6. The second kappa shape index (κ2) is 7.55. The van der Waals surface area contributed by atoms with E-state index in [-0.39, 0.29) is 17.3 Å². The highest BCUT2D eigenvalue weighted by Crippen LogP contribution is 2.34. The maximum absolute atomic E-state index is 11.7. The molecule has 23 heavy (non-hydrogen) atoms. The van der Waals surface area contributed by atoms with Crippen LogP contribution in [-0.4, -0.2) is 61.5 Å². The molecule has 2 aliphatic rings. The summed E-state index contributed by atoms with van der Waals surface area (Å²) < 4.78 is 11.2. The Labute approximate surface area is 140 Å². The van der Waals surface area contributed by atoms with Gasteiger partial charge in [0.2, 0.25) is 0 Å². The Kier molecular flexibility index (Phi) is 5.94. The number of amides is 1. The van der Waals surface area contributed by atoms with Gasteiger partial charge in [-0.3, -0.25) is 4.90 Å². The number of rotatable bonds is 2. The van der Waals surface area contributed by atoms with E-state index in [1.165, 1.54) is 11.3 Å². The number of nitrogens with zero attached hydrogens (tertiary/aromatic N) is 1. The van der Waals surface area contributed by atoms with Gasteiger partial charge in [0.1, 0.15) is 12.1 Å². The second-order valence-corrected chi connectivity index (χ2v) is 7.36. The van der Waals surface area contributed by atoms with Crippen LogP contribution < -0.4 is 4.90 Å². The van der Waals surface area contributed by atoms with Gasteiger partial charge in [0.15, 0.2) is 0 Å². The summed E-state index contributed by atoms with van der Waals surface area (Å²) in [6, 6.07) is 0. The van der Waals surface area contributed by atoms with Crippen molar-refractivity contribution in [1.29, 1.82) is 0 Å². The van der Waals surface area contributed by atoms with Crippen molar-refractivity contribution in [3.63, 3.8) is 0 Å². The van der Waals surface area contributed by atoms with Gasteiger partial charge in [-0.25, -0.2) is 4.79 Å². The monoisotopic (exact) mass is 323 g/mol. The Balaban J connectivity index is 1.79. The largest absolute Gasteiger partial charge is 0.450 e. The van der Waals surface area contributed by atoms with Crippen LogP contribution in [0.2, 0.25) is 0 Å². The summed E-state index contributed by atoms with van der Waals surface area (Å²) in [5.41, 5.74) is -0.381. The Morgan fingerprint density at radius 2 is 1.96 bits per heavy atom. The van der Waals surface area contributed by atoms with Crippen molar-refractivity contribution in [1.82, 2.24) is 4.90 Å². The average Bonchev–Trinajstić information content (AvgIpc) is 2.46. The Morgan fingerprint density at radius 1 is 1.26 bits per heavy atom. The predicted molar refractivity (Wildman–Crippen MR) is 89.4 cm³/mol. The molecule has 0 bridgehead atoms. The number of carbonyl (C=O) groups is 1. The van der Waals surface area contributed by atoms with Crippen molar-refractivity contribution in [3.05, 3.63) is 0 Å². The van der Waals surface area contributed by atoms with Crippen LogP contribution in [0.25, 0.3) is 0 Å². The molecule has 5 nitrogen and oxygen atoms in total. The third-order valence-corrected chi connectivity index (χ3v) is 4.62. The van der Waals surface area contributed by atoms with E-state index in [1.807, 2.05) is 6.92 Å². The van der Waals surface area contributed by atoms with Gasteiger partial charge in [0.25, 0.3) is 0 Å². The molecule has 2 heterocycles. The molecule has 0 unspecified atom stereocenters. The maximum Gasteiger partial charge on any atom is 0.410 e. The number of quaternary nitrogens is 1. The van der Waals surface area contributed by atoms with Crippen LogP contribution in [-0.2, 0) is 9.47 Å². The molecule has 1 atom stereocenters. The van der Waals surface area contributed by atoms with Crippen LogP contribution in [0.4, 0.5) is 4.79 Å². The van der Waals surface area contributed by atoms with E-state index in [4.69, 9.17) is 9.47 Å². The van der Waals surface area contributed by atoms with Gasteiger partial charge in [-0.15, -0.1) is 0 Å². The molecule has 2 rings (SSSR count). The standard InChI is InChI=1S/C18H30N2O3/c1-5-22-16(21)20-14-12-19(13-15-20)11-7-10-18(4)9-6-8-17(2,3)23-18/h5-6,8-9,11-15H2,1-4H3/p+1/t18-/m0/s1. The van der Waals surface area contributed by atoms with Crippen molar-refractivity contribution >= 4 is 6.09 Å². The number of carbonyl (C=O) groups excluding carboxylic acids is 1. The van der Waals surface area contributed by atoms with Gasteiger partial charge in [-0.05, 0) is 52.9 Å². The van der Waals surface area contributed by atoms with E-state index in [9.17, 15) is 4.79 Å². The van der Waals surface area contributed by atoms with Gasteiger partial charge in [0, 0.05) is 0 Å². The van der Waals surface area contributed by atoms with Crippen LogP contribution in [0.15, 0.2) is 0 Å². The Hall–Kier alpha value is -1.25. The molecule has 1 N–H and O–H groups in total. The number of nitrogens with one attached hydrogen (secondary N) is 1. The number of hydrogen-bond donors (Lipinski definition) is 1. The lowest BCUT2D eigenvalue weighted by molar-refractivity contribution is -0.896. The lowest BCUT2D eigenvalue weighted by Gasteiger charge is -2.40. The van der Waals surface area contributed by atoms with Crippen molar-refractivity contribution in [2.24, 2.45) is 0 Å². The fourth-order valence-corrected chi connectivity index (χ4v) is 3.40. The summed E-state index contributed by atoms with van der Waals surface area (Å²) in [6.07, 6.45) is 3.09. The highest BCUT2D eigenvalue weighted by Gasteiger charge is 2.36. The molecule has 0 aromatic heterocycles.